The predicted molar refractivity (Wildman–Crippen MR) is 133 cm³/mol. The van der Waals surface area contributed by atoms with Crippen LogP contribution in [0.1, 0.15) is 39.2 Å². The number of hydrogen-bond acceptors (Lipinski definition) is 5. The highest BCUT2D eigenvalue weighted by Crippen LogP contribution is 2.37. The van der Waals surface area contributed by atoms with Gasteiger partial charge in [0.1, 0.15) is 12.4 Å². The van der Waals surface area contributed by atoms with Crippen molar-refractivity contribution in [3.63, 3.8) is 0 Å². The Labute approximate surface area is 192 Å². The van der Waals surface area contributed by atoms with Crippen molar-refractivity contribution in [2.24, 2.45) is 5.73 Å². The number of benzene rings is 2. The number of ether oxygens (including phenoxy) is 1. The fourth-order valence-electron chi connectivity index (χ4n) is 2.90. The number of non-ortho nitro benzene ring substituents is 1. The number of nitro groups is 1. The first-order valence-electron chi connectivity index (χ1n) is 11.0. The van der Waals surface area contributed by atoms with Crippen molar-refractivity contribution >= 4 is 20.1 Å². The van der Waals surface area contributed by atoms with E-state index in [1.807, 2.05) is 42.5 Å². The maximum absolute atomic E-state index is 10.8. The number of nitro benzene ring substituents is 1. The molecule has 7 heteroatoms. The second-order valence-electron chi connectivity index (χ2n) is 9.53. The molecule has 0 spiro atoms. The molecule has 0 unspecified atom stereocenters. The summed E-state index contributed by atoms with van der Waals surface area (Å²) in [7, 11) is -2.02. The van der Waals surface area contributed by atoms with E-state index in [1.54, 1.807) is 12.1 Å². The van der Waals surface area contributed by atoms with Crippen molar-refractivity contribution in [3.05, 3.63) is 76.4 Å². The van der Waals surface area contributed by atoms with Gasteiger partial charge in [0.2, 0.25) is 0 Å². The van der Waals surface area contributed by atoms with Crippen molar-refractivity contribution in [1.29, 1.82) is 0 Å². The summed E-state index contributed by atoms with van der Waals surface area (Å²) in [6.45, 7) is 11.5. The van der Waals surface area contributed by atoms with E-state index in [9.17, 15) is 10.1 Å². The maximum Gasteiger partial charge on any atom is 0.269 e. The molecule has 0 bridgehead atoms. The molecule has 2 aromatic rings. The Hall–Kier alpha value is -2.48. The largest absolute Gasteiger partial charge is 0.491 e. The molecule has 2 rings (SSSR count). The topological polar surface area (TPSA) is 87.6 Å². The third-order valence-electron chi connectivity index (χ3n) is 5.97. The van der Waals surface area contributed by atoms with Crippen molar-refractivity contribution in [2.75, 3.05) is 6.61 Å². The van der Waals surface area contributed by atoms with Crippen LogP contribution in [0, 0.1) is 10.1 Å². The summed E-state index contributed by atoms with van der Waals surface area (Å²) in [5.74, 6) is 0.807. The molecule has 0 radical (unpaired) electrons. The van der Waals surface area contributed by atoms with E-state index in [4.69, 9.17) is 14.9 Å². The Balaban J connectivity index is 1.99. The minimum atomic E-state index is -2.02. The van der Waals surface area contributed by atoms with Gasteiger partial charge in [-0.3, -0.25) is 10.1 Å². The molecular formula is C25H36N2O4Si. The summed E-state index contributed by atoms with van der Waals surface area (Å²) >= 11 is 0. The third-order valence-corrected chi connectivity index (χ3v) is 10.5. The van der Waals surface area contributed by atoms with Crippen LogP contribution in [0.2, 0.25) is 18.1 Å². The molecule has 2 atom stereocenters. The Morgan fingerprint density at radius 3 is 2.28 bits per heavy atom. The summed E-state index contributed by atoms with van der Waals surface area (Å²) in [6.07, 6.45) is 5.33. The monoisotopic (exact) mass is 456 g/mol. The number of para-hydroxylation sites is 1. The normalized spacial score (nSPS) is 14.3. The standard InChI is InChI=1S/C25H36N2O4Si/c1-25(2,3)32(4,5)31-24(19-30-22-12-7-6-8-13-22)23(26)14-10-9-11-20-15-17-21(18-16-20)27(28)29/h6-9,11-13,15-18,23-24H,10,14,19,26H2,1-5H3/t23-,24-/m1/s1. The molecule has 0 aliphatic rings. The lowest BCUT2D eigenvalue weighted by Gasteiger charge is -2.40. The van der Waals surface area contributed by atoms with Crippen LogP contribution in [-0.4, -0.2) is 32.0 Å². The lowest BCUT2D eigenvalue weighted by atomic mass is 10.1. The van der Waals surface area contributed by atoms with Crippen LogP contribution in [0.25, 0.3) is 6.08 Å². The van der Waals surface area contributed by atoms with Gasteiger partial charge in [-0.05, 0) is 60.8 Å². The molecular weight excluding hydrogens is 420 g/mol. The van der Waals surface area contributed by atoms with E-state index < -0.39 is 13.2 Å². The highest BCUT2D eigenvalue weighted by atomic mass is 28.4. The van der Waals surface area contributed by atoms with Crippen LogP contribution >= 0.6 is 0 Å². The Kier molecular flexibility index (Phi) is 9.18. The zero-order valence-corrected chi connectivity index (χ0v) is 20.8. The van der Waals surface area contributed by atoms with Gasteiger partial charge in [-0.2, -0.15) is 0 Å². The fraction of sp³-hybridized carbons (Fsp3) is 0.440. The third kappa shape index (κ3) is 7.89. The molecule has 0 aromatic heterocycles. The Morgan fingerprint density at radius 2 is 1.72 bits per heavy atom. The molecule has 6 nitrogen and oxygen atoms in total. The number of nitrogens with zero attached hydrogens (tertiary/aromatic N) is 1. The molecule has 0 aliphatic heterocycles. The first kappa shape index (κ1) is 25.8. The summed E-state index contributed by atoms with van der Waals surface area (Å²) in [4.78, 5) is 10.4. The van der Waals surface area contributed by atoms with Crippen LogP contribution in [0.4, 0.5) is 5.69 Å². The van der Waals surface area contributed by atoms with E-state index in [-0.39, 0.29) is 22.9 Å². The van der Waals surface area contributed by atoms with Crippen LogP contribution in [0.3, 0.4) is 0 Å². The van der Waals surface area contributed by atoms with Gasteiger partial charge in [-0.15, -0.1) is 0 Å². The molecule has 0 heterocycles. The smallest absolute Gasteiger partial charge is 0.269 e. The molecule has 32 heavy (non-hydrogen) atoms. The van der Waals surface area contributed by atoms with Gasteiger partial charge >= 0.3 is 0 Å². The first-order valence-corrected chi connectivity index (χ1v) is 13.9. The van der Waals surface area contributed by atoms with Crippen molar-refractivity contribution < 1.29 is 14.1 Å². The average Bonchev–Trinajstić information content (AvgIpc) is 2.74. The number of hydrogen-bond donors (Lipinski definition) is 1. The summed E-state index contributed by atoms with van der Waals surface area (Å²) in [5.41, 5.74) is 7.59. The minimum absolute atomic E-state index is 0.0769. The van der Waals surface area contributed by atoms with Gasteiger partial charge in [0.05, 0.1) is 11.0 Å². The summed E-state index contributed by atoms with van der Waals surface area (Å²) in [6, 6.07) is 16.0. The van der Waals surface area contributed by atoms with E-state index in [1.165, 1.54) is 12.1 Å². The molecule has 0 saturated carbocycles. The van der Waals surface area contributed by atoms with Gasteiger partial charge in [0.15, 0.2) is 8.32 Å². The van der Waals surface area contributed by atoms with Gasteiger partial charge in [0, 0.05) is 18.2 Å². The molecule has 2 aromatic carbocycles. The summed E-state index contributed by atoms with van der Waals surface area (Å²) < 4.78 is 12.6. The van der Waals surface area contributed by atoms with Crippen LogP contribution in [0.15, 0.2) is 60.7 Å². The average molecular weight is 457 g/mol. The quantitative estimate of drug-likeness (QED) is 0.248. The van der Waals surface area contributed by atoms with Gasteiger partial charge < -0.3 is 14.9 Å². The molecule has 0 amide bonds. The zero-order valence-electron chi connectivity index (χ0n) is 19.8. The van der Waals surface area contributed by atoms with E-state index in [0.29, 0.717) is 6.61 Å². The Morgan fingerprint density at radius 1 is 1.09 bits per heavy atom. The number of nitrogens with two attached hydrogens (primary N) is 1. The predicted octanol–water partition coefficient (Wildman–Crippen LogP) is 6.18. The minimum Gasteiger partial charge on any atom is -0.491 e. The van der Waals surface area contributed by atoms with E-state index in [2.05, 4.69) is 33.9 Å². The summed E-state index contributed by atoms with van der Waals surface area (Å²) in [5, 5.41) is 10.8. The van der Waals surface area contributed by atoms with Gasteiger partial charge in [-0.1, -0.05) is 51.1 Å². The van der Waals surface area contributed by atoms with Gasteiger partial charge in [0.25, 0.3) is 5.69 Å². The molecule has 0 aliphatic carbocycles. The second kappa shape index (κ2) is 11.4. The van der Waals surface area contributed by atoms with Crippen molar-refractivity contribution in [1.82, 2.24) is 0 Å². The lowest BCUT2D eigenvalue weighted by Crippen LogP contribution is -2.51. The van der Waals surface area contributed by atoms with Gasteiger partial charge in [-0.25, -0.2) is 0 Å². The number of rotatable bonds is 11. The fourth-order valence-corrected chi connectivity index (χ4v) is 4.25. The van der Waals surface area contributed by atoms with E-state index in [0.717, 1.165) is 24.2 Å². The molecule has 0 saturated heterocycles. The SMILES string of the molecule is CC(C)(C)[Si](C)(C)O[C@H](COc1ccccc1)[C@H](N)CCC=Cc1ccc([N+](=O)[O-])cc1. The highest BCUT2D eigenvalue weighted by molar-refractivity contribution is 6.74. The van der Waals surface area contributed by atoms with Crippen LogP contribution in [0.5, 0.6) is 5.75 Å². The second-order valence-corrected chi connectivity index (χ2v) is 14.3. The lowest BCUT2D eigenvalue weighted by molar-refractivity contribution is -0.384. The Bertz CT molecular complexity index is 877. The van der Waals surface area contributed by atoms with Crippen molar-refractivity contribution in [3.8, 4) is 5.75 Å². The zero-order chi connectivity index (χ0) is 23.8. The van der Waals surface area contributed by atoms with Crippen LogP contribution < -0.4 is 10.5 Å². The first-order chi connectivity index (χ1) is 15.0. The molecule has 174 valence electrons. The number of allylic oxidation sites excluding steroid dienone is 1. The molecule has 0 fully saturated rings. The highest BCUT2D eigenvalue weighted by Gasteiger charge is 2.40. The van der Waals surface area contributed by atoms with Crippen LogP contribution in [-0.2, 0) is 4.43 Å². The van der Waals surface area contributed by atoms with Crippen molar-refractivity contribution in [2.45, 2.75) is 63.9 Å². The molecule has 2 N–H and O–H groups in total. The maximum atomic E-state index is 10.8. The van der Waals surface area contributed by atoms with E-state index >= 15 is 0 Å².